The van der Waals surface area contributed by atoms with Gasteiger partial charge in [-0.05, 0) is 25.3 Å². The van der Waals surface area contributed by atoms with Crippen LogP contribution in [0.4, 0.5) is 0 Å². The van der Waals surface area contributed by atoms with Crippen molar-refractivity contribution in [2.45, 2.75) is 53.9 Å². The van der Waals surface area contributed by atoms with E-state index in [1.54, 1.807) is 12.4 Å². The fourth-order valence-electron chi connectivity index (χ4n) is 3.79. The summed E-state index contributed by atoms with van der Waals surface area (Å²) in [5, 5.41) is 3.88. The number of rotatable bonds is 7. The minimum absolute atomic E-state index is 0.0214. The molecule has 0 bridgehead atoms. The summed E-state index contributed by atoms with van der Waals surface area (Å²) in [6.07, 6.45) is 2.88. The van der Waals surface area contributed by atoms with Crippen LogP contribution in [0.3, 0.4) is 0 Å². The maximum Gasteiger partial charge on any atom is 0.176 e. The predicted molar refractivity (Wildman–Crippen MR) is 131 cm³/mol. The molecule has 1 aromatic rings. The van der Waals surface area contributed by atoms with E-state index in [0.717, 1.165) is 25.2 Å². The largest absolute Gasteiger partial charge is 0.489 e. The SMILES string of the molecule is CC(C)Oc1cc(C#CCN2CC(C)(C)C2)cnc1/C(C=NCC1OCC(C)(C)CO1)=N/N. The van der Waals surface area contributed by atoms with Gasteiger partial charge in [0.05, 0.1) is 38.6 Å². The summed E-state index contributed by atoms with van der Waals surface area (Å²) in [5.41, 5.74) is 2.15. The molecule has 2 aliphatic heterocycles. The van der Waals surface area contributed by atoms with Crippen LogP contribution in [0.25, 0.3) is 0 Å². The number of pyridine rings is 1. The molecular weight excluding hydrogens is 418 g/mol. The van der Waals surface area contributed by atoms with Crippen LogP contribution in [0.15, 0.2) is 22.4 Å². The second-order valence-electron chi connectivity index (χ2n) is 10.6. The molecule has 3 heterocycles. The van der Waals surface area contributed by atoms with Crippen LogP contribution in [-0.4, -0.2) is 73.6 Å². The highest BCUT2D eigenvalue weighted by Gasteiger charge is 2.33. The van der Waals surface area contributed by atoms with Crippen molar-refractivity contribution in [2.75, 3.05) is 39.4 Å². The van der Waals surface area contributed by atoms with Gasteiger partial charge in [0.1, 0.15) is 17.2 Å². The zero-order valence-electron chi connectivity index (χ0n) is 20.7. The molecule has 0 radical (unpaired) electrons. The molecule has 33 heavy (non-hydrogen) atoms. The topological polar surface area (TPSA) is 94.6 Å². The van der Waals surface area contributed by atoms with Gasteiger partial charge in [-0.3, -0.25) is 9.89 Å². The van der Waals surface area contributed by atoms with Crippen molar-refractivity contribution in [3.05, 3.63) is 23.5 Å². The third-order valence-electron chi connectivity index (χ3n) is 5.22. The van der Waals surface area contributed by atoms with Crippen molar-refractivity contribution in [3.8, 4) is 17.6 Å². The molecule has 2 aliphatic rings. The fourth-order valence-corrected chi connectivity index (χ4v) is 3.79. The van der Waals surface area contributed by atoms with E-state index in [2.05, 4.69) is 59.5 Å². The van der Waals surface area contributed by atoms with Crippen molar-refractivity contribution < 1.29 is 14.2 Å². The van der Waals surface area contributed by atoms with Gasteiger partial charge in [-0.15, -0.1) is 0 Å². The van der Waals surface area contributed by atoms with E-state index in [1.807, 2.05) is 19.9 Å². The van der Waals surface area contributed by atoms with Gasteiger partial charge in [0.25, 0.3) is 0 Å². The van der Waals surface area contributed by atoms with E-state index in [0.29, 0.717) is 42.3 Å². The van der Waals surface area contributed by atoms with Gasteiger partial charge in [-0.1, -0.05) is 39.5 Å². The average Bonchev–Trinajstić information content (AvgIpc) is 2.71. The van der Waals surface area contributed by atoms with Crippen molar-refractivity contribution in [2.24, 2.45) is 26.8 Å². The Morgan fingerprint density at radius 3 is 2.58 bits per heavy atom. The Bertz CT molecular complexity index is 925. The summed E-state index contributed by atoms with van der Waals surface area (Å²) < 4.78 is 17.4. The average molecular weight is 456 g/mol. The molecular formula is C25H37N5O3. The van der Waals surface area contributed by atoms with Crippen LogP contribution in [0.5, 0.6) is 5.75 Å². The summed E-state index contributed by atoms with van der Waals surface area (Å²) in [6.45, 7) is 17.2. The lowest BCUT2D eigenvalue weighted by molar-refractivity contribution is -0.215. The van der Waals surface area contributed by atoms with Gasteiger partial charge < -0.3 is 20.1 Å². The highest BCUT2D eigenvalue weighted by molar-refractivity contribution is 6.38. The Kier molecular flexibility index (Phi) is 8.11. The number of nitrogens with zero attached hydrogens (tertiary/aromatic N) is 4. The van der Waals surface area contributed by atoms with E-state index in [-0.39, 0.29) is 17.8 Å². The molecule has 2 fully saturated rings. The molecule has 0 atom stereocenters. The van der Waals surface area contributed by atoms with Crippen LogP contribution < -0.4 is 10.6 Å². The standard InChI is InChI=1S/C25H37N5O3/c1-18(2)33-21-10-19(8-7-9-30-14-24(3,4)15-30)11-28-23(21)20(29-26)12-27-13-22-31-16-25(5,6)17-32-22/h10-12,18,22H,9,13-17,26H2,1-6H3/b27-12?,29-20+. The number of hydrogen-bond donors (Lipinski definition) is 1. The lowest BCUT2D eigenvalue weighted by atomic mass is 9.84. The Balaban J connectivity index is 1.67. The third kappa shape index (κ3) is 7.53. The molecule has 0 aliphatic carbocycles. The first-order valence-electron chi connectivity index (χ1n) is 11.5. The van der Waals surface area contributed by atoms with Crippen LogP contribution in [0.1, 0.15) is 52.8 Å². The molecule has 1 aromatic heterocycles. The Morgan fingerprint density at radius 2 is 1.97 bits per heavy atom. The monoisotopic (exact) mass is 455 g/mol. The number of aromatic nitrogens is 1. The summed E-state index contributed by atoms with van der Waals surface area (Å²) in [5.74, 6) is 12.7. The van der Waals surface area contributed by atoms with E-state index in [1.165, 1.54) is 0 Å². The van der Waals surface area contributed by atoms with Crippen LogP contribution in [-0.2, 0) is 9.47 Å². The minimum Gasteiger partial charge on any atom is -0.489 e. The summed E-state index contributed by atoms with van der Waals surface area (Å²) in [6, 6.07) is 1.88. The first-order valence-corrected chi connectivity index (χ1v) is 11.5. The summed E-state index contributed by atoms with van der Waals surface area (Å²) in [7, 11) is 0. The molecule has 0 saturated carbocycles. The Labute approximate surface area is 197 Å². The fraction of sp³-hybridized carbons (Fsp3) is 0.640. The maximum absolute atomic E-state index is 5.99. The smallest absolute Gasteiger partial charge is 0.176 e. The zero-order chi connectivity index (χ0) is 24.1. The molecule has 180 valence electrons. The van der Waals surface area contributed by atoms with Crippen molar-refractivity contribution in [3.63, 3.8) is 0 Å². The molecule has 0 unspecified atom stereocenters. The van der Waals surface area contributed by atoms with Crippen molar-refractivity contribution in [1.29, 1.82) is 0 Å². The van der Waals surface area contributed by atoms with Crippen LogP contribution in [0, 0.1) is 22.7 Å². The number of nitrogens with two attached hydrogens (primary N) is 1. The normalized spacial score (nSPS) is 21.0. The van der Waals surface area contributed by atoms with E-state index < -0.39 is 0 Å². The number of likely N-dealkylation sites (tertiary alicyclic amines) is 1. The molecule has 0 amide bonds. The molecule has 2 saturated heterocycles. The number of hydrogen-bond acceptors (Lipinski definition) is 8. The molecule has 0 spiro atoms. The van der Waals surface area contributed by atoms with Crippen LogP contribution in [0.2, 0.25) is 0 Å². The number of aliphatic imine (C=N–C) groups is 1. The quantitative estimate of drug-likeness (QED) is 0.294. The zero-order valence-corrected chi connectivity index (χ0v) is 20.7. The third-order valence-corrected chi connectivity index (χ3v) is 5.22. The van der Waals surface area contributed by atoms with Crippen molar-refractivity contribution in [1.82, 2.24) is 9.88 Å². The van der Waals surface area contributed by atoms with Gasteiger partial charge in [-0.25, -0.2) is 4.98 Å². The van der Waals surface area contributed by atoms with Crippen molar-refractivity contribution >= 4 is 11.9 Å². The van der Waals surface area contributed by atoms with E-state index in [9.17, 15) is 0 Å². The van der Waals surface area contributed by atoms with Gasteiger partial charge in [0.2, 0.25) is 0 Å². The summed E-state index contributed by atoms with van der Waals surface area (Å²) >= 11 is 0. The minimum atomic E-state index is -0.373. The molecule has 0 aromatic carbocycles. The maximum atomic E-state index is 5.99. The van der Waals surface area contributed by atoms with Crippen LogP contribution >= 0.6 is 0 Å². The number of ether oxygens (including phenoxy) is 3. The Morgan fingerprint density at radius 1 is 1.27 bits per heavy atom. The molecule has 8 heteroatoms. The highest BCUT2D eigenvalue weighted by Crippen LogP contribution is 2.28. The Hall–Kier alpha value is -2.47. The second kappa shape index (κ2) is 10.6. The second-order valence-corrected chi connectivity index (χ2v) is 10.6. The lowest BCUT2D eigenvalue weighted by Gasteiger charge is -2.44. The number of hydrazone groups is 1. The first-order chi connectivity index (χ1) is 15.6. The van der Waals surface area contributed by atoms with Gasteiger partial charge in [-0.2, -0.15) is 5.10 Å². The van der Waals surface area contributed by atoms with Gasteiger partial charge >= 0.3 is 0 Å². The van der Waals surface area contributed by atoms with Gasteiger partial charge in [0.15, 0.2) is 6.29 Å². The predicted octanol–water partition coefficient (Wildman–Crippen LogP) is 2.69. The molecule has 8 nitrogen and oxygen atoms in total. The highest BCUT2D eigenvalue weighted by atomic mass is 16.7. The molecule has 3 rings (SSSR count). The summed E-state index contributed by atoms with van der Waals surface area (Å²) in [4.78, 5) is 11.3. The van der Waals surface area contributed by atoms with Gasteiger partial charge in [0, 0.05) is 30.3 Å². The lowest BCUT2D eigenvalue weighted by Crippen LogP contribution is -2.52. The molecule has 2 N–H and O–H groups in total. The van der Waals surface area contributed by atoms with E-state index in [4.69, 9.17) is 20.1 Å². The first kappa shape index (κ1) is 25.2. The van der Waals surface area contributed by atoms with E-state index >= 15 is 0 Å².